The summed E-state index contributed by atoms with van der Waals surface area (Å²) in [7, 11) is 3.16. The molecule has 0 spiro atoms. The molecule has 1 rings (SSSR count). The number of likely N-dealkylation sites (N-methyl/N-ethyl adjacent to an activating group) is 1. The van der Waals surface area contributed by atoms with Crippen LogP contribution < -0.4 is 5.32 Å². The first-order valence-electron chi connectivity index (χ1n) is 8.01. The van der Waals surface area contributed by atoms with Crippen molar-refractivity contribution in [3.63, 3.8) is 0 Å². The summed E-state index contributed by atoms with van der Waals surface area (Å²) in [6.45, 7) is 5.22. The van der Waals surface area contributed by atoms with E-state index in [0.717, 1.165) is 0 Å². The van der Waals surface area contributed by atoms with E-state index in [1.165, 1.54) is 22.8 Å². The zero-order valence-electron chi connectivity index (χ0n) is 14.6. The number of rotatable bonds is 6. The average molecular weight is 363 g/mol. The van der Waals surface area contributed by atoms with Gasteiger partial charge in [-0.1, -0.05) is 6.08 Å². The molecular formula is C16H24F3N3O3. The van der Waals surface area contributed by atoms with Gasteiger partial charge in [0.2, 0.25) is 11.8 Å². The number of likely N-dealkylation sites (tertiary alicyclic amines) is 1. The number of carbonyl (C=O) groups is 3. The van der Waals surface area contributed by atoms with Gasteiger partial charge in [-0.25, -0.2) is 0 Å². The van der Waals surface area contributed by atoms with Crippen LogP contribution in [0.2, 0.25) is 0 Å². The second-order valence-corrected chi connectivity index (χ2v) is 6.31. The molecule has 142 valence electrons. The summed E-state index contributed by atoms with van der Waals surface area (Å²) < 4.78 is 37.3. The van der Waals surface area contributed by atoms with Gasteiger partial charge in [0, 0.05) is 26.7 Å². The smallest absolute Gasteiger partial charge is 0.347 e. The molecule has 0 unspecified atom stereocenters. The molecule has 0 aromatic carbocycles. The fraction of sp³-hybridized carbons (Fsp3) is 0.688. The quantitative estimate of drug-likeness (QED) is 0.724. The van der Waals surface area contributed by atoms with E-state index in [1.54, 1.807) is 14.1 Å². The minimum absolute atomic E-state index is 0.0948. The molecule has 0 aliphatic carbocycles. The standard InChI is InChI=1S/C16H24F3N3O3/c1-5-7-11(10(2)20-15(25)16(17,18)19)13(23)22-9-6-8-12(22)14(24)21(3)4/h5,10-12H,1,6-9H2,2-4H3,(H,20,25)/t10-,11-,12-/m0/s1. The number of nitrogens with zero attached hydrogens (tertiary/aromatic N) is 2. The molecule has 0 aromatic heterocycles. The Morgan fingerprint density at radius 2 is 1.96 bits per heavy atom. The normalized spacial score (nSPS) is 19.9. The molecule has 0 bridgehead atoms. The molecule has 0 saturated carbocycles. The SMILES string of the molecule is C=CC[C@H](C(=O)N1CCC[C@H]1C(=O)N(C)C)[C@H](C)NC(=O)C(F)(F)F. The highest BCUT2D eigenvalue weighted by molar-refractivity contribution is 5.90. The molecule has 25 heavy (non-hydrogen) atoms. The fourth-order valence-electron chi connectivity index (χ4n) is 2.89. The summed E-state index contributed by atoms with van der Waals surface area (Å²) in [4.78, 5) is 39.0. The summed E-state index contributed by atoms with van der Waals surface area (Å²) in [6.07, 6.45) is -2.37. The third-order valence-corrected chi connectivity index (χ3v) is 4.22. The number of hydrogen-bond acceptors (Lipinski definition) is 3. The molecular weight excluding hydrogens is 339 g/mol. The van der Waals surface area contributed by atoms with Crippen molar-refractivity contribution in [1.82, 2.24) is 15.1 Å². The van der Waals surface area contributed by atoms with Gasteiger partial charge in [0.05, 0.1) is 5.92 Å². The van der Waals surface area contributed by atoms with Gasteiger partial charge in [-0.2, -0.15) is 13.2 Å². The molecule has 3 amide bonds. The number of alkyl halides is 3. The minimum atomic E-state index is -5.02. The van der Waals surface area contributed by atoms with Crippen LogP contribution >= 0.6 is 0 Å². The summed E-state index contributed by atoms with van der Waals surface area (Å²) in [5.41, 5.74) is 0. The topological polar surface area (TPSA) is 69.7 Å². The first-order valence-corrected chi connectivity index (χ1v) is 8.01. The van der Waals surface area contributed by atoms with E-state index >= 15 is 0 Å². The Morgan fingerprint density at radius 3 is 2.44 bits per heavy atom. The predicted molar refractivity (Wildman–Crippen MR) is 85.4 cm³/mol. The van der Waals surface area contributed by atoms with E-state index in [2.05, 4.69) is 6.58 Å². The second kappa shape index (κ2) is 8.35. The lowest BCUT2D eigenvalue weighted by Gasteiger charge is -2.32. The third kappa shape index (κ3) is 5.20. The molecule has 1 saturated heterocycles. The summed E-state index contributed by atoms with van der Waals surface area (Å²) in [5, 5.41) is 1.82. The first kappa shape index (κ1) is 21.0. The van der Waals surface area contributed by atoms with Gasteiger partial charge in [0.1, 0.15) is 6.04 Å². The summed E-state index contributed by atoms with van der Waals surface area (Å²) in [6, 6.07) is -1.67. The number of hydrogen-bond donors (Lipinski definition) is 1. The highest BCUT2D eigenvalue weighted by Gasteiger charge is 2.43. The Bertz CT molecular complexity index is 534. The number of carbonyl (C=O) groups excluding carboxylic acids is 3. The van der Waals surface area contributed by atoms with Gasteiger partial charge in [0.15, 0.2) is 0 Å². The molecule has 1 N–H and O–H groups in total. The van der Waals surface area contributed by atoms with Crippen LogP contribution in [-0.4, -0.2) is 66.4 Å². The Morgan fingerprint density at radius 1 is 1.36 bits per heavy atom. The van der Waals surface area contributed by atoms with Crippen molar-refractivity contribution in [1.29, 1.82) is 0 Å². The van der Waals surface area contributed by atoms with E-state index in [9.17, 15) is 27.6 Å². The van der Waals surface area contributed by atoms with Crippen LogP contribution in [0, 0.1) is 5.92 Å². The molecule has 3 atom stereocenters. The zero-order valence-corrected chi connectivity index (χ0v) is 14.6. The summed E-state index contributed by atoms with van der Waals surface area (Å²) in [5.74, 6) is -3.69. The van der Waals surface area contributed by atoms with Gasteiger partial charge < -0.3 is 15.1 Å². The Labute approximate surface area is 145 Å². The number of amides is 3. The van der Waals surface area contributed by atoms with Crippen molar-refractivity contribution in [3.8, 4) is 0 Å². The van der Waals surface area contributed by atoms with E-state index in [4.69, 9.17) is 0 Å². The minimum Gasteiger partial charge on any atom is -0.347 e. The van der Waals surface area contributed by atoms with Crippen LogP contribution in [0.1, 0.15) is 26.2 Å². The average Bonchev–Trinajstić information content (AvgIpc) is 2.99. The van der Waals surface area contributed by atoms with Crippen LogP contribution in [0.25, 0.3) is 0 Å². The lowest BCUT2D eigenvalue weighted by atomic mass is 9.95. The molecule has 1 aliphatic heterocycles. The monoisotopic (exact) mass is 363 g/mol. The van der Waals surface area contributed by atoms with Crippen molar-refractivity contribution < 1.29 is 27.6 Å². The van der Waals surface area contributed by atoms with Gasteiger partial charge in [-0.05, 0) is 26.2 Å². The molecule has 1 fully saturated rings. The van der Waals surface area contributed by atoms with Gasteiger partial charge in [0.25, 0.3) is 0 Å². The van der Waals surface area contributed by atoms with Crippen molar-refractivity contribution in [2.24, 2.45) is 5.92 Å². The predicted octanol–water partition coefficient (Wildman–Crippen LogP) is 1.32. The number of nitrogens with one attached hydrogen (secondary N) is 1. The van der Waals surface area contributed by atoms with E-state index in [-0.39, 0.29) is 12.3 Å². The highest BCUT2D eigenvalue weighted by atomic mass is 19.4. The lowest BCUT2D eigenvalue weighted by molar-refractivity contribution is -0.174. The third-order valence-electron chi connectivity index (χ3n) is 4.22. The maximum absolute atomic E-state index is 12.8. The zero-order chi connectivity index (χ0) is 19.4. The molecule has 0 radical (unpaired) electrons. The Hall–Kier alpha value is -2.06. The second-order valence-electron chi connectivity index (χ2n) is 6.31. The fourth-order valence-corrected chi connectivity index (χ4v) is 2.89. The van der Waals surface area contributed by atoms with Crippen molar-refractivity contribution in [3.05, 3.63) is 12.7 Å². The van der Waals surface area contributed by atoms with Crippen LogP contribution in [-0.2, 0) is 14.4 Å². The van der Waals surface area contributed by atoms with Crippen LogP contribution in [0.5, 0.6) is 0 Å². The maximum Gasteiger partial charge on any atom is 0.471 e. The molecule has 1 aliphatic rings. The van der Waals surface area contributed by atoms with Crippen molar-refractivity contribution >= 4 is 17.7 Å². The van der Waals surface area contributed by atoms with E-state index in [0.29, 0.717) is 19.4 Å². The molecule has 0 aromatic rings. The molecule has 1 heterocycles. The lowest BCUT2D eigenvalue weighted by Crippen LogP contribution is -2.52. The first-order chi connectivity index (χ1) is 11.5. The van der Waals surface area contributed by atoms with Gasteiger partial charge in [-0.15, -0.1) is 6.58 Å². The van der Waals surface area contributed by atoms with Crippen LogP contribution in [0.15, 0.2) is 12.7 Å². The van der Waals surface area contributed by atoms with Crippen molar-refractivity contribution in [2.75, 3.05) is 20.6 Å². The Balaban J connectivity index is 2.93. The van der Waals surface area contributed by atoms with E-state index < -0.39 is 36.0 Å². The largest absolute Gasteiger partial charge is 0.471 e. The van der Waals surface area contributed by atoms with Crippen molar-refractivity contribution in [2.45, 2.75) is 44.4 Å². The number of halogens is 3. The van der Waals surface area contributed by atoms with Crippen LogP contribution in [0.3, 0.4) is 0 Å². The summed E-state index contributed by atoms with van der Waals surface area (Å²) >= 11 is 0. The Kier molecular flexibility index (Phi) is 7.01. The highest BCUT2D eigenvalue weighted by Crippen LogP contribution is 2.25. The number of allylic oxidation sites excluding steroid dienone is 1. The van der Waals surface area contributed by atoms with E-state index in [1.807, 2.05) is 5.32 Å². The van der Waals surface area contributed by atoms with Crippen LogP contribution in [0.4, 0.5) is 13.2 Å². The molecule has 6 nitrogen and oxygen atoms in total. The van der Waals surface area contributed by atoms with Gasteiger partial charge >= 0.3 is 12.1 Å². The maximum atomic E-state index is 12.8. The van der Waals surface area contributed by atoms with Gasteiger partial charge in [-0.3, -0.25) is 14.4 Å². The molecule has 9 heteroatoms.